The van der Waals surface area contributed by atoms with Gasteiger partial charge in [0.25, 0.3) is 0 Å². The molecule has 0 aromatic heterocycles. The SMILES string of the molecule is O=C(N1CCN(c2ccccc2Cl)CC1)N1CCCC2(CCN([C@H]3CC[C@H](O)CC3)C2=O)C1. The molecule has 3 saturated heterocycles. The normalized spacial score (nSPS) is 30.9. The third-order valence-electron chi connectivity index (χ3n) is 8.24. The molecule has 1 aromatic carbocycles. The molecule has 0 radical (unpaired) electrons. The first-order valence-corrected chi connectivity index (χ1v) is 12.9. The lowest BCUT2D eigenvalue weighted by molar-refractivity contribution is -0.141. The highest BCUT2D eigenvalue weighted by atomic mass is 35.5. The predicted octanol–water partition coefficient (Wildman–Crippen LogP) is 3.20. The summed E-state index contributed by atoms with van der Waals surface area (Å²) in [7, 11) is 0. The zero-order valence-corrected chi connectivity index (χ0v) is 20.1. The van der Waals surface area contributed by atoms with Crippen LogP contribution in [0.5, 0.6) is 0 Å². The molecule has 3 aliphatic heterocycles. The molecule has 1 aliphatic carbocycles. The van der Waals surface area contributed by atoms with Gasteiger partial charge in [0.15, 0.2) is 0 Å². The van der Waals surface area contributed by atoms with E-state index in [1.165, 1.54) is 0 Å². The van der Waals surface area contributed by atoms with Gasteiger partial charge in [-0.05, 0) is 57.1 Å². The second kappa shape index (κ2) is 9.34. The van der Waals surface area contributed by atoms with Crippen molar-refractivity contribution in [2.45, 2.75) is 57.1 Å². The Bertz CT molecular complexity index is 882. The Morgan fingerprint density at radius 3 is 2.39 bits per heavy atom. The maximum absolute atomic E-state index is 13.5. The predicted molar refractivity (Wildman–Crippen MR) is 128 cm³/mol. The number of urea groups is 1. The fraction of sp³-hybridized carbons (Fsp3) is 0.680. The van der Waals surface area contributed by atoms with Crippen LogP contribution in [-0.2, 0) is 4.79 Å². The fourth-order valence-electron chi connectivity index (χ4n) is 6.29. The number of carbonyl (C=O) groups excluding carboxylic acids is 2. The molecule has 3 amide bonds. The number of aliphatic hydroxyl groups excluding tert-OH is 1. The summed E-state index contributed by atoms with van der Waals surface area (Å²) in [5, 5.41) is 10.6. The molecular formula is C25H35ClN4O3. The topological polar surface area (TPSA) is 67.3 Å². The molecule has 1 atom stereocenters. The number of carbonyl (C=O) groups is 2. The molecule has 180 valence electrons. The third-order valence-corrected chi connectivity index (χ3v) is 8.56. The van der Waals surface area contributed by atoms with Crippen LogP contribution in [-0.4, -0.2) is 89.7 Å². The molecule has 5 rings (SSSR count). The summed E-state index contributed by atoms with van der Waals surface area (Å²) in [6.07, 6.45) is 5.74. The zero-order chi connectivity index (χ0) is 23.0. The minimum absolute atomic E-state index is 0.0694. The van der Waals surface area contributed by atoms with Crippen LogP contribution in [0.4, 0.5) is 10.5 Å². The number of amides is 3. The molecule has 4 fully saturated rings. The summed E-state index contributed by atoms with van der Waals surface area (Å²) in [6, 6.07) is 8.17. The number of anilines is 1. The average molecular weight is 475 g/mol. The van der Waals surface area contributed by atoms with E-state index in [9.17, 15) is 14.7 Å². The monoisotopic (exact) mass is 474 g/mol. The highest BCUT2D eigenvalue weighted by Crippen LogP contribution is 2.42. The van der Waals surface area contributed by atoms with E-state index in [-0.39, 0.29) is 24.1 Å². The molecule has 1 spiro atoms. The van der Waals surface area contributed by atoms with Crippen molar-refractivity contribution < 1.29 is 14.7 Å². The Morgan fingerprint density at radius 2 is 1.67 bits per heavy atom. The molecule has 1 aromatic rings. The van der Waals surface area contributed by atoms with Crippen molar-refractivity contribution in [1.82, 2.24) is 14.7 Å². The minimum Gasteiger partial charge on any atom is -0.393 e. The second-order valence-electron chi connectivity index (χ2n) is 10.2. The van der Waals surface area contributed by atoms with E-state index in [1.807, 2.05) is 34.1 Å². The number of aliphatic hydroxyl groups is 1. The van der Waals surface area contributed by atoms with Gasteiger partial charge in [0, 0.05) is 51.9 Å². The molecule has 4 aliphatic rings. The summed E-state index contributed by atoms with van der Waals surface area (Å²) >= 11 is 6.36. The van der Waals surface area contributed by atoms with Gasteiger partial charge < -0.3 is 24.7 Å². The minimum atomic E-state index is -0.413. The van der Waals surface area contributed by atoms with Gasteiger partial charge in [-0.2, -0.15) is 0 Å². The molecule has 0 bridgehead atoms. The number of nitrogens with zero attached hydrogens (tertiary/aromatic N) is 4. The van der Waals surface area contributed by atoms with Crippen LogP contribution in [0.2, 0.25) is 5.02 Å². The number of para-hydroxylation sites is 1. The lowest BCUT2D eigenvalue weighted by Gasteiger charge is -2.43. The molecule has 1 N–H and O–H groups in total. The van der Waals surface area contributed by atoms with E-state index in [4.69, 9.17) is 11.6 Å². The van der Waals surface area contributed by atoms with Gasteiger partial charge in [0.05, 0.1) is 22.2 Å². The Kier molecular flexibility index (Phi) is 6.45. The van der Waals surface area contributed by atoms with Crippen molar-refractivity contribution in [3.8, 4) is 0 Å². The first-order chi connectivity index (χ1) is 16.0. The Morgan fingerprint density at radius 1 is 0.939 bits per heavy atom. The smallest absolute Gasteiger partial charge is 0.320 e. The molecule has 3 heterocycles. The van der Waals surface area contributed by atoms with Gasteiger partial charge in [0.1, 0.15) is 0 Å². The van der Waals surface area contributed by atoms with Gasteiger partial charge in [-0.3, -0.25) is 4.79 Å². The van der Waals surface area contributed by atoms with Gasteiger partial charge in [-0.1, -0.05) is 23.7 Å². The Labute approximate surface area is 201 Å². The van der Waals surface area contributed by atoms with E-state index in [1.54, 1.807) is 0 Å². The van der Waals surface area contributed by atoms with Crippen LogP contribution in [0.3, 0.4) is 0 Å². The van der Waals surface area contributed by atoms with E-state index in [0.717, 1.165) is 81.8 Å². The Balaban J connectivity index is 1.19. The third kappa shape index (κ3) is 4.42. The van der Waals surface area contributed by atoms with Crippen LogP contribution < -0.4 is 4.90 Å². The van der Waals surface area contributed by atoms with Gasteiger partial charge in [0.2, 0.25) is 5.91 Å². The number of hydrogen-bond acceptors (Lipinski definition) is 4. The summed E-state index contributed by atoms with van der Waals surface area (Å²) < 4.78 is 0. The molecule has 1 saturated carbocycles. The zero-order valence-electron chi connectivity index (χ0n) is 19.3. The van der Waals surface area contributed by atoms with Crippen molar-refractivity contribution in [3.05, 3.63) is 29.3 Å². The van der Waals surface area contributed by atoms with Crippen LogP contribution >= 0.6 is 11.6 Å². The van der Waals surface area contributed by atoms with E-state index < -0.39 is 5.41 Å². The highest BCUT2D eigenvalue weighted by Gasteiger charge is 2.51. The number of piperazine rings is 1. The van der Waals surface area contributed by atoms with Gasteiger partial charge >= 0.3 is 6.03 Å². The van der Waals surface area contributed by atoms with Crippen molar-refractivity contribution in [2.75, 3.05) is 50.7 Å². The van der Waals surface area contributed by atoms with E-state index >= 15 is 0 Å². The summed E-state index contributed by atoms with van der Waals surface area (Å²) in [5.41, 5.74) is 0.610. The largest absolute Gasteiger partial charge is 0.393 e. The van der Waals surface area contributed by atoms with Crippen molar-refractivity contribution >= 4 is 29.2 Å². The number of halogens is 1. The van der Waals surface area contributed by atoms with Crippen molar-refractivity contribution in [1.29, 1.82) is 0 Å². The standard InChI is InChI=1S/C25H35ClN4O3/c26-21-4-1-2-5-22(21)27-14-16-28(17-15-27)24(33)29-12-3-10-25(18-29)11-13-30(23(25)32)19-6-8-20(31)9-7-19/h1-2,4-5,19-20,31H,3,6-18H2/t19-,20-,25?. The maximum atomic E-state index is 13.5. The van der Waals surface area contributed by atoms with Crippen molar-refractivity contribution in [2.24, 2.45) is 5.41 Å². The maximum Gasteiger partial charge on any atom is 0.320 e. The number of benzene rings is 1. The second-order valence-corrected chi connectivity index (χ2v) is 10.6. The number of rotatable bonds is 2. The average Bonchev–Trinajstić information content (AvgIpc) is 3.14. The highest BCUT2D eigenvalue weighted by molar-refractivity contribution is 6.33. The molecule has 8 heteroatoms. The lowest BCUT2D eigenvalue weighted by Crippen LogP contribution is -2.57. The molecule has 33 heavy (non-hydrogen) atoms. The summed E-state index contributed by atoms with van der Waals surface area (Å²) in [4.78, 5) is 35.1. The molecular weight excluding hydrogens is 440 g/mol. The van der Waals surface area contributed by atoms with Crippen LogP contribution in [0.25, 0.3) is 0 Å². The first kappa shape index (κ1) is 22.8. The number of likely N-dealkylation sites (tertiary alicyclic amines) is 2. The number of hydrogen-bond donors (Lipinski definition) is 1. The molecule has 1 unspecified atom stereocenters. The first-order valence-electron chi connectivity index (χ1n) is 12.5. The number of piperidine rings is 1. The van der Waals surface area contributed by atoms with Crippen LogP contribution in [0.15, 0.2) is 24.3 Å². The molecule has 7 nitrogen and oxygen atoms in total. The quantitative estimate of drug-likeness (QED) is 0.714. The van der Waals surface area contributed by atoms with Crippen molar-refractivity contribution in [3.63, 3.8) is 0 Å². The Hall–Kier alpha value is -1.99. The van der Waals surface area contributed by atoms with Crippen LogP contribution in [0, 0.1) is 5.41 Å². The van der Waals surface area contributed by atoms with Gasteiger partial charge in [-0.15, -0.1) is 0 Å². The summed E-state index contributed by atoms with van der Waals surface area (Å²) in [5.74, 6) is 0.241. The fourth-order valence-corrected chi connectivity index (χ4v) is 6.54. The van der Waals surface area contributed by atoms with E-state index in [0.29, 0.717) is 19.6 Å². The van der Waals surface area contributed by atoms with Crippen LogP contribution in [0.1, 0.15) is 44.9 Å². The summed E-state index contributed by atoms with van der Waals surface area (Å²) in [6.45, 7) is 4.91. The van der Waals surface area contributed by atoms with E-state index in [2.05, 4.69) is 9.80 Å². The lowest BCUT2D eigenvalue weighted by atomic mass is 9.78. The van der Waals surface area contributed by atoms with Gasteiger partial charge in [-0.25, -0.2) is 4.79 Å².